The number of aromatic nitrogens is 6. The van der Waals surface area contributed by atoms with Gasteiger partial charge in [-0.25, -0.2) is 9.37 Å². The third-order valence-electron chi connectivity index (χ3n) is 4.74. The fourth-order valence-electron chi connectivity index (χ4n) is 3.05. The molecule has 34 heavy (non-hydrogen) atoms. The number of hydrogen-bond donors (Lipinski definition) is 3. The highest BCUT2D eigenvalue weighted by Crippen LogP contribution is 2.31. The highest BCUT2D eigenvalue weighted by atomic mass is 35.5. The van der Waals surface area contributed by atoms with E-state index in [1.54, 1.807) is 0 Å². The number of nitrogens with zero attached hydrogens (tertiary/aromatic N) is 5. The minimum Gasteiger partial charge on any atom is -0.368 e. The number of amides is 1. The zero-order valence-electron chi connectivity index (χ0n) is 18.2. The molecule has 0 unspecified atom stereocenters. The number of aryl methyl sites for hydroxylation is 1. The number of tetrazole rings is 1. The lowest BCUT2D eigenvalue weighted by atomic mass is 10.1. The Morgan fingerprint density at radius 1 is 1.24 bits per heavy atom. The van der Waals surface area contributed by atoms with Crippen molar-refractivity contribution < 1.29 is 22.4 Å². The van der Waals surface area contributed by atoms with Crippen molar-refractivity contribution in [1.82, 2.24) is 35.5 Å². The normalized spacial score (nSPS) is 11.6. The van der Waals surface area contributed by atoms with E-state index in [4.69, 9.17) is 11.6 Å². The van der Waals surface area contributed by atoms with Crippen LogP contribution in [0.25, 0.3) is 0 Å². The van der Waals surface area contributed by atoms with Crippen molar-refractivity contribution in [3.05, 3.63) is 51.9 Å². The molecule has 0 spiro atoms. The summed E-state index contributed by atoms with van der Waals surface area (Å²) in [5, 5.41) is 17.8. The van der Waals surface area contributed by atoms with E-state index in [9.17, 15) is 22.4 Å². The van der Waals surface area contributed by atoms with Gasteiger partial charge in [0.15, 0.2) is 11.6 Å². The fraction of sp³-hybridized carbons (Fsp3) is 0.450. The van der Waals surface area contributed by atoms with Crippen molar-refractivity contribution in [3.63, 3.8) is 0 Å². The van der Waals surface area contributed by atoms with Gasteiger partial charge in [-0.2, -0.15) is 18.0 Å². The Balaban J connectivity index is 1.47. The molecule has 3 N–H and O–H groups in total. The number of unbranched alkanes of at least 4 members (excludes halogenated alkanes) is 1. The van der Waals surface area contributed by atoms with E-state index < -0.39 is 17.6 Å². The molecule has 0 bridgehead atoms. The molecule has 184 valence electrons. The number of imidazole rings is 1. The SMILES string of the molecule is CCCCNc1nc(Cl)[nH]c1C(=O)NCCCn1nnc(Cc2ccc(C(F)(F)F)c(F)c2)n1. The number of carbonyl (C=O) groups excluding carboxylic acids is 1. The Kier molecular flexibility index (Phi) is 8.42. The number of nitrogens with one attached hydrogen (secondary N) is 3. The van der Waals surface area contributed by atoms with Crippen LogP contribution in [0.15, 0.2) is 18.2 Å². The molecule has 3 rings (SSSR count). The van der Waals surface area contributed by atoms with Crippen LogP contribution in [0.3, 0.4) is 0 Å². The highest BCUT2D eigenvalue weighted by molar-refractivity contribution is 6.28. The minimum atomic E-state index is -4.75. The van der Waals surface area contributed by atoms with Crippen molar-refractivity contribution in [1.29, 1.82) is 0 Å². The number of rotatable bonds is 11. The standard InChI is InChI=1S/C20H23ClF4N8O/c1-2-3-7-26-17-16(28-19(21)29-17)18(34)27-8-4-9-33-31-15(30-32-33)11-12-5-6-13(14(22)10-12)20(23,24)25/h5-6,10,26H,2-4,7-9,11H2,1H3,(H,27,34)(H,28,29). The Labute approximate surface area is 197 Å². The van der Waals surface area contributed by atoms with Crippen molar-refractivity contribution in [2.45, 2.75) is 45.3 Å². The van der Waals surface area contributed by atoms with Crippen molar-refractivity contribution >= 4 is 23.3 Å². The third-order valence-corrected chi connectivity index (χ3v) is 4.92. The third kappa shape index (κ3) is 6.89. The summed E-state index contributed by atoms with van der Waals surface area (Å²) in [7, 11) is 0. The molecule has 0 radical (unpaired) electrons. The fourth-order valence-corrected chi connectivity index (χ4v) is 3.23. The van der Waals surface area contributed by atoms with Crippen LogP contribution < -0.4 is 10.6 Å². The average molecular weight is 503 g/mol. The molecule has 0 saturated carbocycles. The number of halogens is 5. The summed E-state index contributed by atoms with van der Waals surface area (Å²) in [6.07, 6.45) is -2.33. The first-order valence-corrected chi connectivity index (χ1v) is 10.9. The summed E-state index contributed by atoms with van der Waals surface area (Å²) in [6.45, 7) is 3.36. The van der Waals surface area contributed by atoms with E-state index in [1.807, 2.05) is 6.92 Å². The molecule has 2 heterocycles. The lowest BCUT2D eigenvalue weighted by molar-refractivity contribution is -0.140. The van der Waals surface area contributed by atoms with E-state index in [0.717, 1.165) is 18.9 Å². The van der Waals surface area contributed by atoms with Crippen LogP contribution in [0, 0.1) is 5.82 Å². The van der Waals surface area contributed by atoms with Crippen molar-refractivity contribution in [3.8, 4) is 0 Å². The molecule has 0 aliphatic carbocycles. The number of H-pyrrole nitrogens is 1. The number of anilines is 1. The number of carbonyl (C=O) groups is 1. The van der Waals surface area contributed by atoms with Gasteiger partial charge in [0.25, 0.3) is 5.91 Å². The van der Waals surface area contributed by atoms with Crippen molar-refractivity contribution in [2.24, 2.45) is 0 Å². The first-order valence-electron chi connectivity index (χ1n) is 10.6. The first-order chi connectivity index (χ1) is 16.2. The minimum absolute atomic E-state index is 0.0280. The molecule has 0 fully saturated rings. The lowest BCUT2D eigenvalue weighted by Crippen LogP contribution is -2.26. The quantitative estimate of drug-likeness (QED) is 0.271. The summed E-state index contributed by atoms with van der Waals surface area (Å²) in [5.74, 6) is -1.10. The van der Waals surface area contributed by atoms with Crippen LogP contribution in [-0.4, -0.2) is 49.2 Å². The van der Waals surface area contributed by atoms with Crippen LogP contribution >= 0.6 is 11.6 Å². The Morgan fingerprint density at radius 2 is 2.03 bits per heavy atom. The lowest BCUT2D eigenvalue weighted by Gasteiger charge is -2.08. The monoisotopic (exact) mass is 502 g/mol. The average Bonchev–Trinajstić information content (AvgIpc) is 3.36. The predicted molar refractivity (Wildman–Crippen MR) is 116 cm³/mol. The van der Waals surface area contributed by atoms with Gasteiger partial charge in [0.05, 0.1) is 12.1 Å². The zero-order valence-corrected chi connectivity index (χ0v) is 19.0. The van der Waals surface area contributed by atoms with Gasteiger partial charge in [-0.15, -0.1) is 10.2 Å². The van der Waals surface area contributed by atoms with Gasteiger partial charge < -0.3 is 15.6 Å². The van der Waals surface area contributed by atoms with Gasteiger partial charge in [0.2, 0.25) is 5.28 Å². The first kappa shape index (κ1) is 25.4. The van der Waals surface area contributed by atoms with Crippen LogP contribution in [0.2, 0.25) is 5.28 Å². The second-order valence-electron chi connectivity index (χ2n) is 7.43. The van der Waals surface area contributed by atoms with Gasteiger partial charge >= 0.3 is 6.18 Å². The summed E-state index contributed by atoms with van der Waals surface area (Å²) in [5.41, 5.74) is -0.791. The summed E-state index contributed by atoms with van der Waals surface area (Å²) in [4.78, 5) is 20.5. The van der Waals surface area contributed by atoms with E-state index in [-0.39, 0.29) is 29.1 Å². The van der Waals surface area contributed by atoms with Crippen LogP contribution in [0.5, 0.6) is 0 Å². The molecule has 9 nitrogen and oxygen atoms in total. The van der Waals surface area contributed by atoms with Gasteiger partial charge in [-0.3, -0.25) is 4.79 Å². The number of aromatic amines is 1. The maximum absolute atomic E-state index is 13.7. The van der Waals surface area contributed by atoms with Crippen LogP contribution in [0.4, 0.5) is 23.4 Å². The van der Waals surface area contributed by atoms with Gasteiger partial charge in [-0.05, 0) is 47.4 Å². The molecular weight excluding hydrogens is 480 g/mol. The number of benzene rings is 1. The summed E-state index contributed by atoms with van der Waals surface area (Å²) >= 11 is 5.88. The van der Waals surface area contributed by atoms with E-state index >= 15 is 0 Å². The topological polar surface area (TPSA) is 113 Å². The van der Waals surface area contributed by atoms with E-state index in [1.165, 1.54) is 10.9 Å². The molecule has 1 amide bonds. The molecule has 14 heteroatoms. The molecule has 1 aromatic carbocycles. The van der Waals surface area contributed by atoms with Gasteiger partial charge in [-0.1, -0.05) is 19.4 Å². The second kappa shape index (κ2) is 11.3. The molecule has 0 aliphatic rings. The molecule has 0 aliphatic heterocycles. The molecular formula is C20H23ClF4N8O. The number of hydrogen-bond acceptors (Lipinski definition) is 6. The largest absolute Gasteiger partial charge is 0.419 e. The van der Waals surface area contributed by atoms with E-state index in [2.05, 4.69) is 36.0 Å². The van der Waals surface area contributed by atoms with Gasteiger partial charge in [0.1, 0.15) is 11.5 Å². The predicted octanol–water partition coefficient (Wildman–Crippen LogP) is 3.83. The van der Waals surface area contributed by atoms with Gasteiger partial charge in [0, 0.05) is 19.5 Å². The Morgan fingerprint density at radius 3 is 2.74 bits per heavy atom. The maximum atomic E-state index is 13.7. The molecule has 0 atom stereocenters. The Hall–Kier alpha value is -3.22. The highest BCUT2D eigenvalue weighted by Gasteiger charge is 2.33. The maximum Gasteiger partial charge on any atom is 0.419 e. The molecule has 3 aromatic rings. The Bertz CT molecular complexity index is 1110. The van der Waals surface area contributed by atoms with E-state index in [0.29, 0.717) is 43.5 Å². The van der Waals surface area contributed by atoms with Crippen LogP contribution in [0.1, 0.15) is 53.6 Å². The molecule has 2 aromatic heterocycles. The smallest absolute Gasteiger partial charge is 0.368 e. The molecule has 0 saturated heterocycles. The van der Waals surface area contributed by atoms with Crippen LogP contribution in [-0.2, 0) is 19.1 Å². The second-order valence-corrected chi connectivity index (χ2v) is 7.79. The summed E-state index contributed by atoms with van der Waals surface area (Å²) < 4.78 is 51.7. The summed E-state index contributed by atoms with van der Waals surface area (Å²) in [6, 6.07) is 2.68. The van der Waals surface area contributed by atoms with Crippen molar-refractivity contribution in [2.75, 3.05) is 18.4 Å². The number of alkyl halides is 3. The zero-order chi connectivity index (χ0) is 24.7.